The molecular weight excluding hydrogens is 367 g/mol. The molecule has 0 spiro atoms. The summed E-state index contributed by atoms with van der Waals surface area (Å²) in [5.41, 5.74) is 0. The van der Waals surface area contributed by atoms with Gasteiger partial charge in [0.05, 0.1) is 0 Å². The first-order valence-electron chi connectivity index (χ1n) is 8.55. The lowest BCUT2D eigenvalue weighted by atomic mass is 10.0. The molecule has 0 bridgehead atoms. The molecule has 0 radical (unpaired) electrons. The average molecular weight is 400 g/mol. The third-order valence-corrected chi connectivity index (χ3v) is 4.54. The van der Waals surface area contributed by atoms with Gasteiger partial charge in [-0.1, -0.05) is 99.6 Å². The molecule has 0 aromatic rings. The number of carboxylic acid groups (broad SMARTS) is 1. The Labute approximate surface area is 139 Å². The first-order valence-corrected chi connectivity index (χ1v) is 10.1. The number of carboxylic acids is 1. The van der Waals surface area contributed by atoms with E-state index < -0.39 is 5.97 Å². The van der Waals surface area contributed by atoms with Crippen molar-refractivity contribution in [3.63, 3.8) is 0 Å². The van der Waals surface area contributed by atoms with E-state index in [0.29, 0.717) is 6.42 Å². The van der Waals surface area contributed by atoms with E-state index in [1.807, 2.05) is 0 Å². The third-order valence-electron chi connectivity index (χ3n) is 3.77. The Kier molecular flexibility index (Phi) is 17.4. The van der Waals surface area contributed by atoms with Crippen molar-refractivity contribution in [3.8, 4) is 0 Å². The monoisotopic (exact) mass is 400 g/mol. The SMILES string of the molecule is O=C(O)CCCCCCCCCCCCCCCC[131I]. The molecule has 20 heavy (non-hydrogen) atoms. The summed E-state index contributed by atoms with van der Waals surface area (Å²) in [6.07, 6.45) is 18.8. The van der Waals surface area contributed by atoms with E-state index in [-0.39, 0.29) is 0 Å². The third kappa shape index (κ3) is 18.2. The van der Waals surface area contributed by atoms with Crippen molar-refractivity contribution >= 4 is 28.6 Å². The molecule has 0 rings (SSSR count). The highest BCUT2D eigenvalue weighted by Gasteiger charge is 1.97. The van der Waals surface area contributed by atoms with E-state index in [1.165, 1.54) is 81.5 Å². The molecule has 0 aliphatic rings. The van der Waals surface area contributed by atoms with E-state index in [2.05, 4.69) is 22.6 Å². The Morgan fingerprint density at radius 2 is 0.900 bits per heavy atom. The maximum absolute atomic E-state index is 10.3. The van der Waals surface area contributed by atoms with Crippen LogP contribution in [0.15, 0.2) is 0 Å². The zero-order valence-electron chi connectivity index (χ0n) is 13.0. The molecule has 0 atom stereocenters. The second-order valence-corrected chi connectivity index (χ2v) is 6.86. The highest BCUT2D eigenvalue weighted by molar-refractivity contribution is 14.1. The molecule has 0 aromatic heterocycles. The van der Waals surface area contributed by atoms with Crippen LogP contribution in [0.4, 0.5) is 0 Å². The number of hydrogen-bond donors (Lipinski definition) is 1. The summed E-state index contributed by atoms with van der Waals surface area (Å²) in [6.45, 7) is 0. The Balaban J connectivity index is 2.94. The van der Waals surface area contributed by atoms with Crippen molar-refractivity contribution in [2.24, 2.45) is 0 Å². The molecule has 0 heterocycles. The fourth-order valence-corrected chi connectivity index (χ4v) is 3.03. The largest absolute Gasteiger partial charge is 0.481 e. The summed E-state index contributed by atoms with van der Waals surface area (Å²) in [7, 11) is 0. The van der Waals surface area contributed by atoms with Crippen LogP contribution in [-0.4, -0.2) is 15.5 Å². The van der Waals surface area contributed by atoms with Crippen molar-refractivity contribution < 1.29 is 9.90 Å². The molecule has 0 fully saturated rings. The molecule has 0 aromatic carbocycles. The molecule has 0 saturated heterocycles. The van der Waals surface area contributed by atoms with Gasteiger partial charge in [0.2, 0.25) is 0 Å². The Morgan fingerprint density at radius 3 is 1.20 bits per heavy atom. The number of unbranched alkanes of at least 4 members (excludes halogenated alkanes) is 13. The topological polar surface area (TPSA) is 37.3 Å². The van der Waals surface area contributed by atoms with Crippen molar-refractivity contribution in [1.29, 1.82) is 0 Å². The van der Waals surface area contributed by atoms with E-state index in [1.54, 1.807) is 0 Å². The zero-order valence-corrected chi connectivity index (χ0v) is 15.2. The van der Waals surface area contributed by atoms with Gasteiger partial charge in [-0.25, -0.2) is 0 Å². The molecule has 2 nitrogen and oxygen atoms in total. The van der Waals surface area contributed by atoms with Crippen molar-refractivity contribution in [3.05, 3.63) is 0 Å². The molecule has 1 N–H and O–H groups in total. The maximum atomic E-state index is 10.3. The van der Waals surface area contributed by atoms with E-state index in [0.717, 1.165) is 12.8 Å². The highest BCUT2D eigenvalue weighted by Crippen LogP contribution is 2.13. The first-order chi connectivity index (χ1) is 9.77. The summed E-state index contributed by atoms with van der Waals surface area (Å²) in [4.78, 5) is 10.3. The standard InChI is InChI=1S/C17H33IO2/c18-16-14-12-10-8-6-4-2-1-3-5-7-9-11-13-15-17(19)20/h1-16H2,(H,19,20)/i18+4. The van der Waals surface area contributed by atoms with Crippen molar-refractivity contribution in [2.45, 2.75) is 96.3 Å². The Bertz CT molecular complexity index is 207. The number of hydrogen-bond acceptors (Lipinski definition) is 1. The summed E-state index contributed by atoms with van der Waals surface area (Å²) in [6, 6.07) is 0. The van der Waals surface area contributed by atoms with Gasteiger partial charge in [-0.15, -0.1) is 0 Å². The molecular formula is C17H33IO2. The summed E-state index contributed by atoms with van der Waals surface area (Å²) in [5, 5.41) is 8.52. The number of carbonyl (C=O) groups is 1. The van der Waals surface area contributed by atoms with Gasteiger partial charge in [0.25, 0.3) is 0 Å². The lowest BCUT2D eigenvalue weighted by molar-refractivity contribution is -0.137. The summed E-state index contributed by atoms with van der Waals surface area (Å²) >= 11 is 2.46. The fourth-order valence-electron chi connectivity index (χ4n) is 2.49. The minimum absolute atomic E-state index is 0.345. The Hall–Kier alpha value is 0.200. The van der Waals surface area contributed by atoms with Gasteiger partial charge in [-0.05, 0) is 17.3 Å². The molecule has 0 saturated carbocycles. The number of alkyl halides is 1. The lowest BCUT2D eigenvalue weighted by Gasteiger charge is -2.03. The quantitative estimate of drug-likeness (QED) is 0.186. The van der Waals surface area contributed by atoms with Crippen LogP contribution in [0.3, 0.4) is 0 Å². The van der Waals surface area contributed by atoms with E-state index in [9.17, 15) is 4.79 Å². The molecule has 0 unspecified atom stereocenters. The molecule has 0 aliphatic carbocycles. The maximum Gasteiger partial charge on any atom is 0.303 e. The molecule has 0 amide bonds. The zero-order chi connectivity index (χ0) is 14.9. The predicted molar refractivity (Wildman–Crippen MR) is 95.8 cm³/mol. The Morgan fingerprint density at radius 1 is 0.600 bits per heavy atom. The van der Waals surface area contributed by atoms with Gasteiger partial charge in [-0.3, -0.25) is 4.79 Å². The lowest BCUT2D eigenvalue weighted by Crippen LogP contribution is -1.93. The van der Waals surface area contributed by atoms with Gasteiger partial charge in [0.1, 0.15) is 0 Å². The van der Waals surface area contributed by atoms with Crippen LogP contribution < -0.4 is 0 Å². The summed E-state index contributed by atoms with van der Waals surface area (Å²) in [5.74, 6) is -0.653. The molecule has 3 heteroatoms. The minimum atomic E-state index is -0.653. The van der Waals surface area contributed by atoms with E-state index in [4.69, 9.17) is 5.11 Å². The number of rotatable bonds is 16. The predicted octanol–water partition coefficient (Wildman–Crippen LogP) is 6.36. The fraction of sp³-hybridized carbons (Fsp3) is 0.941. The van der Waals surface area contributed by atoms with Gasteiger partial charge in [0, 0.05) is 6.42 Å². The van der Waals surface area contributed by atoms with Crippen LogP contribution in [0, 0.1) is 0 Å². The van der Waals surface area contributed by atoms with Crippen LogP contribution in [-0.2, 0) is 4.79 Å². The number of aliphatic carboxylic acids is 1. The second-order valence-electron chi connectivity index (χ2n) is 5.78. The molecule has 0 aliphatic heterocycles. The summed E-state index contributed by atoms with van der Waals surface area (Å²) < 4.78 is 1.31. The first kappa shape index (κ1) is 20.2. The van der Waals surface area contributed by atoms with Gasteiger partial charge in [0.15, 0.2) is 0 Å². The van der Waals surface area contributed by atoms with Crippen LogP contribution in [0.2, 0.25) is 0 Å². The van der Waals surface area contributed by atoms with Crippen LogP contribution >= 0.6 is 22.6 Å². The van der Waals surface area contributed by atoms with Crippen LogP contribution in [0.5, 0.6) is 0 Å². The number of halogens is 1. The van der Waals surface area contributed by atoms with Gasteiger partial charge in [-0.2, -0.15) is 0 Å². The normalized spacial score (nSPS) is 10.8. The van der Waals surface area contributed by atoms with Crippen molar-refractivity contribution in [2.75, 3.05) is 4.43 Å². The van der Waals surface area contributed by atoms with E-state index >= 15 is 0 Å². The van der Waals surface area contributed by atoms with Crippen LogP contribution in [0.25, 0.3) is 0 Å². The van der Waals surface area contributed by atoms with Crippen molar-refractivity contribution in [1.82, 2.24) is 0 Å². The highest BCUT2D eigenvalue weighted by atomic mass is 131. The van der Waals surface area contributed by atoms with Gasteiger partial charge < -0.3 is 5.11 Å². The minimum Gasteiger partial charge on any atom is -0.481 e. The second kappa shape index (κ2) is 17.3. The van der Waals surface area contributed by atoms with Gasteiger partial charge >= 0.3 is 5.97 Å². The smallest absolute Gasteiger partial charge is 0.303 e. The van der Waals surface area contributed by atoms with Crippen LogP contribution in [0.1, 0.15) is 96.3 Å². The average Bonchev–Trinajstić information content (AvgIpc) is 2.43. The molecule has 120 valence electrons.